The van der Waals surface area contributed by atoms with Crippen LogP contribution in [-0.4, -0.2) is 42.9 Å². The van der Waals surface area contributed by atoms with E-state index in [2.05, 4.69) is 31.0 Å². The van der Waals surface area contributed by atoms with Gasteiger partial charge in [-0.3, -0.25) is 25.0 Å². The maximum Gasteiger partial charge on any atom is 0.270 e. The molecule has 0 aliphatic heterocycles. The first-order valence-electron chi connectivity index (χ1n) is 9.64. The summed E-state index contributed by atoms with van der Waals surface area (Å²) < 4.78 is 0.528. The lowest BCUT2D eigenvalue weighted by Crippen LogP contribution is -2.14. The quantitative estimate of drug-likeness (QED) is 0.147. The van der Waals surface area contributed by atoms with E-state index in [1.807, 2.05) is 30.3 Å². The standard InChI is InChI=1S/C20H15N7O4S3/c28-15(9-12-5-2-1-3-6-12)21-19-25-26-20(34-19)32-11-16(29)22-18-24-23-17(33-18)13-7-4-8-14(10-13)27(30)31/h1-8,10H,9,11H2,(H,21,25,28)(H,22,24,29). The predicted octanol–water partition coefficient (Wildman–Crippen LogP) is 3.88. The van der Waals surface area contributed by atoms with Gasteiger partial charge in [-0.15, -0.1) is 20.4 Å². The van der Waals surface area contributed by atoms with Crippen LogP contribution < -0.4 is 10.6 Å². The molecule has 2 aromatic carbocycles. The van der Waals surface area contributed by atoms with E-state index >= 15 is 0 Å². The van der Waals surface area contributed by atoms with Crippen molar-refractivity contribution in [3.8, 4) is 10.6 Å². The number of benzene rings is 2. The largest absolute Gasteiger partial charge is 0.300 e. The highest BCUT2D eigenvalue weighted by molar-refractivity contribution is 8.01. The number of nitrogens with zero attached hydrogens (tertiary/aromatic N) is 5. The normalized spacial score (nSPS) is 10.6. The van der Waals surface area contributed by atoms with Gasteiger partial charge in [-0.05, 0) is 5.56 Å². The fraction of sp³-hybridized carbons (Fsp3) is 0.100. The van der Waals surface area contributed by atoms with Crippen molar-refractivity contribution in [2.75, 3.05) is 16.4 Å². The van der Waals surface area contributed by atoms with E-state index in [-0.39, 0.29) is 34.8 Å². The SMILES string of the molecule is O=C(Cc1ccccc1)Nc1nnc(SCC(=O)Nc2nnc(-c3cccc([N+](=O)[O-])c3)s2)s1. The van der Waals surface area contributed by atoms with E-state index < -0.39 is 4.92 Å². The summed E-state index contributed by atoms with van der Waals surface area (Å²) in [6.45, 7) is 0. The number of aromatic nitrogens is 4. The molecule has 4 rings (SSSR count). The smallest absolute Gasteiger partial charge is 0.270 e. The number of non-ortho nitro benzene ring substituents is 1. The zero-order chi connectivity index (χ0) is 23.9. The van der Waals surface area contributed by atoms with Crippen LogP contribution in [0.25, 0.3) is 10.6 Å². The van der Waals surface area contributed by atoms with Gasteiger partial charge in [0.1, 0.15) is 5.01 Å². The molecule has 0 radical (unpaired) electrons. The minimum absolute atomic E-state index is 0.0534. The summed E-state index contributed by atoms with van der Waals surface area (Å²) in [5, 5.41) is 33.2. The Balaban J connectivity index is 1.26. The zero-order valence-corrected chi connectivity index (χ0v) is 19.7. The van der Waals surface area contributed by atoms with Crippen LogP contribution in [0, 0.1) is 10.1 Å². The van der Waals surface area contributed by atoms with Crippen LogP contribution in [0.1, 0.15) is 5.56 Å². The molecular formula is C20H15N7O4S3. The van der Waals surface area contributed by atoms with Crippen LogP contribution in [0.2, 0.25) is 0 Å². The molecule has 2 heterocycles. The number of thioether (sulfide) groups is 1. The van der Waals surface area contributed by atoms with Crippen molar-refractivity contribution in [2.24, 2.45) is 0 Å². The van der Waals surface area contributed by atoms with Crippen molar-refractivity contribution < 1.29 is 14.5 Å². The highest BCUT2D eigenvalue weighted by Gasteiger charge is 2.14. The molecule has 0 saturated carbocycles. The lowest BCUT2D eigenvalue weighted by Gasteiger charge is -2.00. The Morgan fingerprint density at radius 1 is 0.912 bits per heavy atom. The molecule has 0 spiro atoms. The number of amides is 2. The molecule has 11 nitrogen and oxygen atoms in total. The number of hydrogen-bond donors (Lipinski definition) is 2. The first kappa shape index (κ1) is 23.4. The Kier molecular flexibility index (Phi) is 7.51. The first-order chi connectivity index (χ1) is 16.5. The van der Waals surface area contributed by atoms with Gasteiger partial charge in [-0.25, -0.2) is 0 Å². The van der Waals surface area contributed by atoms with Crippen molar-refractivity contribution in [3.63, 3.8) is 0 Å². The molecule has 0 atom stereocenters. The molecule has 34 heavy (non-hydrogen) atoms. The van der Waals surface area contributed by atoms with Crippen LogP contribution in [0.3, 0.4) is 0 Å². The molecule has 0 aliphatic carbocycles. The highest BCUT2D eigenvalue weighted by Crippen LogP contribution is 2.29. The first-order valence-corrected chi connectivity index (χ1v) is 12.3. The third kappa shape index (κ3) is 6.40. The van der Waals surface area contributed by atoms with Gasteiger partial charge in [0.2, 0.25) is 22.1 Å². The number of carbonyl (C=O) groups is 2. The Hall–Kier alpha value is -3.75. The molecule has 0 saturated heterocycles. The Morgan fingerprint density at radius 2 is 1.65 bits per heavy atom. The van der Waals surface area contributed by atoms with Crippen LogP contribution in [0.5, 0.6) is 0 Å². The Labute approximate surface area is 204 Å². The van der Waals surface area contributed by atoms with Gasteiger partial charge >= 0.3 is 0 Å². The molecule has 2 N–H and O–H groups in total. The fourth-order valence-corrected chi connectivity index (χ4v) is 5.01. The summed E-state index contributed by atoms with van der Waals surface area (Å²) in [5.74, 6) is -0.470. The summed E-state index contributed by atoms with van der Waals surface area (Å²) in [7, 11) is 0. The van der Waals surface area contributed by atoms with Gasteiger partial charge in [0.05, 0.1) is 17.1 Å². The summed E-state index contributed by atoms with van der Waals surface area (Å²) in [6, 6.07) is 15.4. The average Bonchev–Trinajstić information content (AvgIpc) is 3.48. The van der Waals surface area contributed by atoms with Gasteiger partial charge < -0.3 is 5.32 Å². The third-order valence-corrected chi connectivity index (χ3v) is 7.02. The molecule has 2 amide bonds. The van der Waals surface area contributed by atoms with E-state index in [0.717, 1.165) is 16.9 Å². The maximum atomic E-state index is 12.3. The van der Waals surface area contributed by atoms with Gasteiger partial charge in [0.15, 0.2) is 4.34 Å². The molecule has 172 valence electrons. The second-order valence-corrected chi connectivity index (χ2v) is 9.82. The van der Waals surface area contributed by atoms with Gasteiger partial charge in [-0.2, -0.15) is 0 Å². The van der Waals surface area contributed by atoms with Gasteiger partial charge in [-0.1, -0.05) is 76.9 Å². The summed E-state index contributed by atoms with van der Waals surface area (Å²) in [6.07, 6.45) is 0.228. The molecule has 4 aromatic rings. The van der Waals surface area contributed by atoms with E-state index in [4.69, 9.17) is 0 Å². The third-order valence-electron chi connectivity index (χ3n) is 4.16. The van der Waals surface area contributed by atoms with Gasteiger partial charge in [0, 0.05) is 17.7 Å². The monoisotopic (exact) mass is 513 g/mol. The minimum Gasteiger partial charge on any atom is -0.300 e. The molecule has 0 unspecified atom stereocenters. The van der Waals surface area contributed by atoms with Crippen molar-refractivity contribution in [1.82, 2.24) is 20.4 Å². The minimum atomic E-state index is -0.488. The van der Waals surface area contributed by atoms with Crippen LogP contribution in [-0.2, 0) is 16.0 Å². The number of hydrogen-bond acceptors (Lipinski definition) is 11. The Morgan fingerprint density at radius 3 is 2.44 bits per heavy atom. The lowest BCUT2D eigenvalue weighted by molar-refractivity contribution is -0.384. The topological polar surface area (TPSA) is 153 Å². The second-order valence-electron chi connectivity index (χ2n) is 6.64. The summed E-state index contributed by atoms with van der Waals surface area (Å²) in [5.41, 5.74) is 1.38. The van der Waals surface area contributed by atoms with Crippen molar-refractivity contribution in [1.29, 1.82) is 0 Å². The molecule has 2 aromatic heterocycles. The van der Waals surface area contributed by atoms with Crippen molar-refractivity contribution >= 4 is 62.2 Å². The zero-order valence-electron chi connectivity index (χ0n) is 17.2. The van der Waals surface area contributed by atoms with Crippen LogP contribution in [0.4, 0.5) is 16.0 Å². The van der Waals surface area contributed by atoms with E-state index in [1.54, 1.807) is 12.1 Å². The highest BCUT2D eigenvalue weighted by atomic mass is 32.2. The molecule has 0 fully saturated rings. The Bertz CT molecular complexity index is 1330. The number of anilines is 2. The number of carbonyl (C=O) groups excluding carboxylic acids is 2. The average molecular weight is 514 g/mol. The second kappa shape index (κ2) is 10.9. The fourth-order valence-electron chi connectivity index (χ4n) is 2.69. The number of nitro groups is 1. The molecule has 0 bridgehead atoms. The maximum absolute atomic E-state index is 12.3. The van der Waals surface area contributed by atoms with E-state index in [0.29, 0.717) is 20.0 Å². The summed E-state index contributed by atoms with van der Waals surface area (Å²) >= 11 is 3.45. The molecule has 0 aliphatic rings. The van der Waals surface area contributed by atoms with E-state index in [1.165, 1.54) is 35.2 Å². The number of nitrogens with one attached hydrogen (secondary N) is 2. The number of nitro benzene ring substituents is 1. The lowest BCUT2D eigenvalue weighted by atomic mass is 10.1. The van der Waals surface area contributed by atoms with Crippen LogP contribution >= 0.6 is 34.4 Å². The molecular weight excluding hydrogens is 498 g/mol. The predicted molar refractivity (Wildman–Crippen MR) is 130 cm³/mol. The van der Waals surface area contributed by atoms with E-state index in [9.17, 15) is 19.7 Å². The van der Waals surface area contributed by atoms with Crippen molar-refractivity contribution in [3.05, 3.63) is 70.3 Å². The number of rotatable bonds is 9. The van der Waals surface area contributed by atoms with Crippen molar-refractivity contribution in [2.45, 2.75) is 10.8 Å². The van der Waals surface area contributed by atoms with Crippen LogP contribution in [0.15, 0.2) is 58.9 Å². The van der Waals surface area contributed by atoms with Gasteiger partial charge in [0.25, 0.3) is 5.69 Å². The molecule has 14 heteroatoms. The summed E-state index contributed by atoms with van der Waals surface area (Å²) in [4.78, 5) is 34.8.